The van der Waals surface area contributed by atoms with Crippen LogP contribution in [0.1, 0.15) is 41.8 Å². The van der Waals surface area contributed by atoms with E-state index in [1.807, 2.05) is 22.7 Å². The topological polar surface area (TPSA) is 64.6 Å². The first-order valence-electron chi connectivity index (χ1n) is 12.8. The lowest BCUT2D eigenvalue weighted by molar-refractivity contribution is -0.0218. The highest BCUT2D eigenvalue weighted by Gasteiger charge is 2.19. The molecule has 3 rings (SSSR count). The van der Waals surface area contributed by atoms with E-state index in [-0.39, 0.29) is 0 Å². The molecule has 3 heterocycles. The number of fused-ring (bicyclic) bond motifs is 2. The minimum absolute atomic E-state index is 0.549. The van der Waals surface area contributed by atoms with Crippen LogP contribution in [0.4, 0.5) is 0 Å². The van der Waals surface area contributed by atoms with Crippen LogP contribution in [-0.4, -0.2) is 79.3 Å². The van der Waals surface area contributed by atoms with Gasteiger partial charge in [0.15, 0.2) is 0 Å². The molecule has 0 N–H and O–H groups in total. The lowest BCUT2D eigenvalue weighted by Crippen LogP contribution is -2.14. The number of hydrogen-bond donors (Lipinski definition) is 0. The molecule has 2 aromatic heterocycles. The first-order valence-corrected chi connectivity index (χ1v) is 14.4. The molecule has 0 radical (unpaired) electrons. The van der Waals surface area contributed by atoms with Crippen LogP contribution in [0.2, 0.25) is 0 Å². The monoisotopic (exact) mass is 542 g/mol. The summed E-state index contributed by atoms with van der Waals surface area (Å²) in [4.78, 5) is 5.39. The third-order valence-electron chi connectivity index (χ3n) is 6.12. The smallest absolute Gasteiger partial charge is 0.0731 e. The summed E-state index contributed by atoms with van der Waals surface area (Å²) in [5, 5.41) is 0. The van der Waals surface area contributed by atoms with Crippen molar-refractivity contribution >= 4 is 22.7 Å². The van der Waals surface area contributed by atoms with Crippen molar-refractivity contribution < 1.29 is 33.2 Å². The van der Waals surface area contributed by atoms with Crippen LogP contribution in [-0.2, 0) is 52.8 Å². The Morgan fingerprint density at radius 1 is 0.361 bits per heavy atom. The summed E-state index contributed by atoms with van der Waals surface area (Å²) in [5.41, 5.74) is 5.41. The quantitative estimate of drug-likeness (QED) is 0.475. The standard InChI is InChI=1S/C27H42O7S2/c1-20-24-17-25-21(2)36-23(4)27(25)19-34-16-14-32-12-10-30-8-6-28-5-7-29-9-11-31-13-15-33-18-26(24)22(3)35-20/h5-19H2,1-4H3. The Morgan fingerprint density at radius 3 is 0.917 bits per heavy atom. The average Bonchev–Trinajstić information content (AvgIpc) is 3.27. The van der Waals surface area contributed by atoms with Gasteiger partial charge in [-0.2, -0.15) is 0 Å². The summed E-state index contributed by atoms with van der Waals surface area (Å²) in [6, 6.07) is 0. The third kappa shape index (κ3) is 9.78. The van der Waals surface area contributed by atoms with Crippen LogP contribution in [0.25, 0.3) is 0 Å². The van der Waals surface area contributed by atoms with Gasteiger partial charge in [-0.3, -0.25) is 0 Å². The summed E-state index contributed by atoms with van der Waals surface area (Å²) >= 11 is 3.72. The minimum Gasteiger partial charge on any atom is -0.377 e. The minimum atomic E-state index is 0.549. The molecule has 0 aliphatic carbocycles. The average molecular weight is 543 g/mol. The van der Waals surface area contributed by atoms with Crippen LogP contribution in [0.15, 0.2) is 0 Å². The number of rotatable bonds is 0. The van der Waals surface area contributed by atoms with Gasteiger partial charge in [0, 0.05) is 25.9 Å². The van der Waals surface area contributed by atoms with Crippen molar-refractivity contribution in [3.05, 3.63) is 41.8 Å². The number of hydrogen-bond acceptors (Lipinski definition) is 9. The summed E-state index contributed by atoms with van der Waals surface area (Å²) in [5.74, 6) is 0. The van der Waals surface area contributed by atoms with E-state index in [1.165, 1.54) is 41.8 Å². The van der Waals surface area contributed by atoms with E-state index in [0.29, 0.717) is 92.5 Å². The molecule has 0 amide bonds. The highest BCUT2D eigenvalue weighted by Crippen LogP contribution is 2.35. The first-order chi connectivity index (χ1) is 17.6. The Labute approximate surface area is 223 Å². The summed E-state index contributed by atoms with van der Waals surface area (Å²) in [7, 11) is 0. The molecule has 7 nitrogen and oxygen atoms in total. The van der Waals surface area contributed by atoms with Gasteiger partial charge >= 0.3 is 0 Å². The van der Waals surface area contributed by atoms with Gasteiger partial charge in [-0.25, -0.2) is 0 Å². The van der Waals surface area contributed by atoms with E-state index >= 15 is 0 Å². The Balaban J connectivity index is 1.61. The summed E-state index contributed by atoms with van der Waals surface area (Å²) in [6.45, 7) is 16.7. The molecule has 1 aliphatic heterocycles. The van der Waals surface area contributed by atoms with Gasteiger partial charge in [0.25, 0.3) is 0 Å². The molecule has 0 spiro atoms. The lowest BCUT2D eigenvalue weighted by Gasteiger charge is -2.12. The SMILES string of the molecule is Cc1sc(C)c2c1COCCOCCOCCOCCOCCOCCOCc1c(C)sc(C)c1C2. The largest absolute Gasteiger partial charge is 0.377 e. The molecule has 0 bridgehead atoms. The molecular weight excluding hydrogens is 500 g/mol. The Hall–Kier alpha value is -0.880. The van der Waals surface area contributed by atoms with Gasteiger partial charge in [0.1, 0.15) is 0 Å². The molecular formula is C27H42O7S2. The fourth-order valence-electron chi connectivity index (χ4n) is 4.14. The maximum Gasteiger partial charge on any atom is 0.0731 e. The zero-order chi connectivity index (χ0) is 25.6. The van der Waals surface area contributed by atoms with Crippen molar-refractivity contribution in [2.75, 3.05) is 79.3 Å². The predicted molar refractivity (Wildman–Crippen MR) is 144 cm³/mol. The van der Waals surface area contributed by atoms with Crippen molar-refractivity contribution in [1.82, 2.24) is 0 Å². The summed E-state index contributed by atoms with van der Waals surface area (Å²) in [6.07, 6.45) is 0.912. The van der Waals surface area contributed by atoms with Crippen molar-refractivity contribution in [2.24, 2.45) is 0 Å². The van der Waals surface area contributed by atoms with E-state index in [1.54, 1.807) is 0 Å². The molecule has 1 aliphatic rings. The molecule has 0 fully saturated rings. The second-order valence-electron chi connectivity index (χ2n) is 8.69. The van der Waals surface area contributed by atoms with Crippen molar-refractivity contribution in [3.63, 3.8) is 0 Å². The van der Waals surface area contributed by atoms with Crippen LogP contribution in [0, 0.1) is 27.7 Å². The van der Waals surface area contributed by atoms with E-state index in [9.17, 15) is 0 Å². The molecule has 0 unspecified atom stereocenters. The number of thiophene rings is 2. The van der Waals surface area contributed by atoms with Crippen LogP contribution >= 0.6 is 22.7 Å². The fraction of sp³-hybridized carbons (Fsp3) is 0.704. The Morgan fingerprint density at radius 2 is 0.611 bits per heavy atom. The van der Waals surface area contributed by atoms with Crippen LogP contribution < -0.4 is 0 Å². The fourth-order valence-corrected chi connectivity index (χ4v) is 6.30. The highest BCUT2D eigenvalue weighted by molar-refractivity contribution is 7.12. The Bertz CT molecular complexity index is 823. The number of aryl methyl sites for hydroxylation is 4. The van der Waals surface area contributed by atoms with E-state index in [2.05, 4.69) is 27.7 Å². The molecule has 0 atom stereocenters. The molecule has 204 valence electrons. The maximum absolute atomic E-state index is 6.01. The maximum atomic E-state index is 6.01. The van der Waals surface area contributed by atoms with Gasteiger partial charge in [0.2, 0.25) is 0 Å². The molecule has 9 heteroatoms. The van der Waals surface area contributed by atoms with E-state index < -0.39 is 0 Å². The van der Waals surface area contributed by atoms with Crippen molar-refractivity contribution in [3.8, 4) is 0 Å². The van der Waals surface area contributed by atoms with Gasteiger partial charge in [-0.05, 0) is 49.9 Å². The number of ether oxygens (including phenoxy) is 7. The second-order valence-corrected chi connectivity index (χ2v) is 11.5. The molecule has 2 aromatic rings. The predicted octanol–water partition coefficient (Wildman–Crippen LogP) is 4.76. The molecule has 0 saturated heterocycles. The molecule has 0 saturated carbocycles. The third-order valence-corrected chi connectivity index (χ3v) is 8.33. The highest BCUT2D eigenvalue weighted by atomic mass is 32.1. The van der Waals surface area contributed by atoms with E-state index in [4.69, 9.17) is 33.2 Å². The molecule has 36 heavy (non-hydrogen) atoms. The zero-order valence-corrected chi connectivity index (χ0v) is 23.9. The molecule has 0 aromatic carbocycles. The van der Waals surface area contributed by atoms with Crippen molar-refractivity contribution in [2.45, 2.75) is 47.3 Å². The van der Waals surface area contributed by atoms with E-state index in [0.717, 1.165) is 6.42 Å². The van der Waals surface area contributed by atoms with Crippen LogP contribution in [0.5, 0.6) is 0 Å². The normalized spacial score (nSPS) is 19.4. The van der Waals surface area contributed by atoms with Crippen LogP contribution in [0.3, 0.4) is 0 Å². The Kier molecular flexibility index (Phi) is 13.9. The summed E-state index contributed by atoms with van der Waals surface area (Å²) < 4.78 is 39.9. The second kappa shape index (κ2) is 16.9. The van der Waals surface area contributed by atoms with Gasteiger partial charge < -0.3 is 33.2 Å². The van der Waals surface area contributed by atoms with Gasteiger partial charge in [-0.1, -0.05) is 0 Å². The first kappa shape index (κ1) is 29.7. The van der Waals surface area contributed by atoms with Gasteiger partial charge in [-0.15, -0.1) is 22.7 Å². The van der Waals surface area contributed by atoms with Gasteiger partial charge in [0.05, 0.1) is 92.5 Å². The van der Waals surface area contributed by atoms with Crippen molar-refractivity contribution in [1.29, 1.82) is 0 Å². The zero-order valence-electron chi connectivity index (χ0n) is 22.3. The lowest BCUT2D eigenvalue weighted by atomic mass is 9.97.